The average molecular weight is 271 g/mol. The van der Waals surface area contributed by atoms with E-state index in [1.165, 1.54) is 0 Å². The summed E-state index contributed by atoms with van der Waals surface area (Å²) in [6.07, 6.45) is 0. The Morgan fingerprint density at radius 3 is 2.40 bits per heavy atom. The number of anilines is 1. The van der Waals surface area contributed by atoms with Crippen LogP contribution in [0, 0.1) is 5.41 Å². The number of rotatable bonds is 3. The third-order valence-electron chi connectivity index (χ3n) is 2.23. The summed E-state index contributed by atoms with van der Waals surface area (Å²) in [5.41, 5.74) is 5.76. The van der Waals surface area contributed by atoms with Crippen LogP contribution in [-0.4, -0.2) is 12.5 Å². The monoisotopic (exact) mass is 270 g/mol. The second-order valence-electron chi connectivity index (χ2n) is 4.05. The van der Waals surface area contributed by atoms with Gasteiger partial charge in [-0.25, -0.2) is 0 Å². The Morgan fingerprint density at radius 2 is 1.93 bits per heavy atom. The van der Waals surface area contributed by atoms with Crippen LogP contribution in [-0.2, 0) is 4.79 Å². The van der Waals surface area contributed by atoms with Crippen LogP contribution in [0.4, 0.5) is 5.69 Å². The Labute approximate surface area is 98.2 Å². The molecule has 0 spiro atoms. The average Bonchev–Trinajstić information content (AvgIpc) is 2.21. The van der Waals surface area contributed by atoms with Crippen LogP contribution in [0.15, 0.2) is 28.7 Å². The number of halogens is 1. The smallest absolute Gasteiger partial charge is 0.231 e. The number of amides is 1. The van der Waals surface area contributed by atoms with Crippen LogP contribution < -0.4 is 11.1 Å². The molecule has 15 heavy (non-hydrogen) atoms. The van der Waals surface area contributed by atoms with Crippen molar-refractivity contribution in [1.29, 1.82) is 0 Å². The van der Waals surface area contributed by atoms with E-state index in [1.54, 1.807) is 0 Å². The van der Waals surface area contributed by atoms with Crippen molar-refractivity contribution in [3.63, 3.8) is 0 Å². The Kier molecular flexibility index (Phi) is 3.88. The number of benzene rings is 1. The molecule has 4 heteroatoms. The van der Waals surface area contributed by atoms with Crippen LogP contribution in [0.3, 0.4) is 0 Å². The minimum Gasteiger partial charge on any atom is -0.329 e. The zero-order valence-corrected chi connectivity index (χ0v) is 10.5. The lowest BCUT2D eigenvalue weighted by Gasteiger charge is -2.21. The van der Waals surface area contributed by atoms with Crippen molar-refractivity contribution >= 4 is 27.5 Å². The van der Waals surface area contributed by atoms with Gasteiger partial charge in [-0.1, -0.05) is 15.9 Å². The summed E-state index contributed by atoms with van der Waals surface area (Å²) in [6.45, 7) is 3.97. The van der Waals surface area contributed by atoms with Gasteiger partial charge in [0.1, 0.15) is 0 Å². The van der Waals surface area contributed by atoms with Crippen molar-refractivity contribution in [2.24, 2.45) is 11.1 Å². The molecule has 0 saturated heterocycles. The molecule has 1 amide bonds. The highest BCUT2D eigenvalue weighted by Crippen LogP contribution is 2.18. The second kappa shape index (κ2) is 4.77. The van der Waals surface area contributed by atoms with Gasteiger partial charge in [-0.3, -0.25) is 4.79 Å². The first kappa shape index (κ1) is 12.2. The molecular formula is C11H15BrN2O. The lowest BCUT2D eigenvalue weighted by atomic mass is 9.92. The fraction of sp³-hybridized carbons (Fsp3) is 0.364. The minimum absolute atomic E-state index is 0.0627. The Balaban J connectivity index is 2.71. The van der Waals surface area contributed by atoms with Gasteiger partial charge in [0.25, 0.3) is 0 Å². The highest BCUT2D eigenvalue weighted by Gasteiger charge is 2.25. The van der Waals surface area contributed by atoms with E-state index < -0.39 is 5.41 Å². The number of nitrogens with two attached hydrogens (primary N) is 1. The highest BCUT2D eigenvalue weighted by atomic mass is 79.9. The van der Waals surface area contributed by atoms with Crippen LogP contribution in [0.5, 0.6) is 0 Å². The van der Waals surface area contributed by atoms with E-state index in [1.807, 2.05) is 38.1 Å². The molecule has 0 aliphatic carbocycles. The zero-order valence-electron chi connectivity index (χ0n) is 8.88. The summed E-state index contributed by atoms with van der Waals surface area (Å²) in [6, 6.07) is 7.44. The standard InChI is InChI=1S/C11H15BrN2O/c1-11(2,7-13)10(15)14-9-5-3-8(12)4-6-9/h3-6H,7,13H2,1-2H3,(H,14,15). The molecule has 0 aromatic heterocycles. The topological polar surface area (TPSA) is 55.1 Å². The van der Waals surface area contributed by atoms with E-state index in [0.717, 1.165) is 10.2 Å². The van der Waals surface area contributed by atoms with Gasteiger partial charge >= 0.3 is 0 Å². The second-order valence-corrected chi connectivity index (χ2v) is 4.96. The molecule has 1 aromatic rings. The van der Waals surface area contributed by atoms with E-state index in [2.05, 4.69) is 21.2 Å². The van der Waals surface area contributed by atoms with Crippen molar-refractivity contribution in [3.05, 3.63) is 28.7 Å². The minimum atomic E-state index is -0.535. The fourth-order valence-electron chi connectivity index (χ4n) is 0.926. The van der Waals surface area contributed by atoms with E-state index in [4.69, 9.17) is 5.73 Å². The summed E-state index contributed by atoms with van der Waals surface area (Å²) in [5, 5.41) is 2.82. The zero-order chi connectivity index (χ0) is 11.5. The molecule has 1 rings (SSSR count). The van der Waals surface area contributed by atoms with Crippen LogP contribution in [0.25, 0.3) is 0 Å². The third kappa shape index (κ3) is 3.32. The fourth-order valence-corrected chi connectivity index (χ4v) is 1.19. The van der Waals surface area contributed by atoms with E-state index in [-0.39, 0.29) is 5.91 Å². The maximum Gasteiger partial charge on any atom is 0.231 e. The first-order chi connectivity index (χ1) is 6.95. The highest BCUT2D eigenvalue weighted by molar-refractivity contribution is 9.10. The molecule has 82 valence electrons. The van der Waals surface area contributed by atoms with E-state index >= 15 is 0 Å². The molecule has 0 radical (unpaired) electrons. The number of carbonyl (C=O) groups is 1. The number of hydrogen-bond donors (Lipinski definition) is 2. The SMILES string of the molecule is CC(C)(CN)C(=O)Nc1ccc(Br)cc1. The molecule has 3 nitrogen and oxygen atoms in total. The van der Waals surface area contributed by atoms with Gasteiger partial charge in [-0.05, 0) is 38.1 Å². The lowest BCUT2D eigenvalue weighted by molar-refractivity contribution is -0.123. The molecular weight excluding hydrogens is 256 g/mol. The van der Waals surface area contributed by atoms with Crippen molar-refractivity contribution in [2.75, 3.05) is 11.9 Å². The first-order valence-corrected chi connectivity index (χ1v) is 5.52. The van der Waals surface area contributed by atoms with Crippen LogP contribution in [0.1, 0.15) is 13.8 Å². The Hall–Kier alpha value is -0.870. The Morgan fingerprint density at radius 1 is 1.40 bits per heavy atom. The van der Waals surface area contributed by atoms with Gasteiger partial charge in [0, 0.05) is 16.7 Å². The Bertz CT molecular complexity index is 346. The summed E-state index contributed by atoms with van der Waals surface area (Å²) >= 11 is 3.33. The largest absolute Gasteiger partial charge is 0.329 e. The molecule has 0 heterocycles. The summed E-state index contributed by atoms with van der Waals surface area (Å²) < 4.78 is 0.985. The first-order valence-electron chi connectivity index (χ1n) is 4.73. The lowest BCUT2D eigenvalue weighted by Crippen LogP contribution is -2.37. The molecule has 1 aromatic carbocycles. The molecule has 0 saturated carbocycles. The van der Waals surface area contributed by atoms with Gasteiger partial charge in [0.2, 0.25) is 5.91 Å². The van der Waals surface area contributed by atoms with Crippen molar-refractivity contribution in [2.45, 2.75) is 13.8 Å². The predicted molar refractivity (Wildman–Crippen MR) is 65.6 cm³/mol. The summed E-state index contributed by atoms with van der Waals surface area (Å²) in [5.74, 6) is -0.0627. The quantitative estimate of drug-likeness (QED) is 0.886. The predicted octanol–water partition coefficient (Wildman–Crippen LogP) is 2.37. The van der Waals surface area contributed by atoms with Crippen LogP contribution >= 0.6 is 15.9 Å². The molecule has 0 atom stereocenters. The number of nitrogens with one attached hydrogen (secondary N) is 1. The van der Waals surface area contributed by atoms with Crippen LogP contribution in [0.2, 0.25) is 0 Å². The molecule has 0 aliphatic heterocycles. The third-order valence-corrected chi connectivity index (χ3v) is 2.76. The van der Waals surface area contributed by atoms with Crippen molar-refractivity contribution < 1.29 is 4.79 Å². The van der Waals surface area contributed by atoms with Gasteiger partial charge < -0.3 is 11.1 Å². The number of hydrogen-bond acceptors (Lipinski definition) is 2. The normalized spacial score (nSPS) is 11.2. The molecule has 0 bridgehead atoms. The maximum absolute atomic E-state index is 11.7. The van der Waals surface area contributed by atoms with Gasteiger partial charge in [0.05, 0.1) is 5.41 Å². The van der Waals surface area contributed by atoms with Gasteiger partial charge in [0.15, 0.2) is 0 Å². The molecule has 3 N–H and O–H groups in total. The maximum atomic E-state index is 11.7. The van der Waals surface area contributed by atoms with E-state index in [0.29, 0.717) is 6.54 Å². The molecule has 0 fully saturated rings. The number of carbonyl (C=O) groups excluding carboxylic acids is 1. The summed E-state index contributed by atoms with van der Waals surface area (Å²) in [7, 11) is 0. The van der Waals surface area contributed by atoms with Gasteiger partial charge in [-0.2, -0.15) is 0 Å². The van der Waals surface area contributed by atoms with E-state index in [9.17, 15) is 4.79 Å². The van der Waals surface area contributed by atoms with Gasteiger partial charge in [-0.15, -0.1) is 0 Å². The van der Waals surface area contributed by atoms with Crippen molar-refractivity contribution in [3.8, 4) is 0 Å². The van der Waals surface area contributed by atoms with Crippen molar-refractivity contribution in [1.82, 2.24) is 0 Å². The summed E-state index contributed by atoms with van der Waals surface area (Å²) in [4.78, 5) is 11.7. The molecule has 0 unspecified atom stereocenters. The molecule has 0 aliphatic rings.